The first-order chi connectivity index (χ1) is 9.81. The molecule has 4 N–H and O–H groups in total. The van der Waals surface area contributed by atoms with Gasteiger partial charge in [-0.15, -0.1) is 0 Å². The van der Waals surface area contributed by atoms with E-state index in [0.717, 1.165) is 25.9 Å². The smallest absolute Gasteiger partial charge is 0.326 e. The number of nitrogens with two attached hydrogens (primary N) is 1. The fourth-order valence-electron chi connectivity index (χ4n) is 2.34. The Morgan fingerprint density at radius 1 is 1.38 bits per heavy atom. The topological polar surface area (TPSA) is 116 Å². The summed E-state index contributed by atoms with van der Waals surface area (Å²) >= 11 is 0. The molecule has 8 heteroatoms. The predicted molar refractivity (Wildman–Crippen MR) is 76.7 cm³/mol. The van der Waals surface area contributed by atoms with Crippen molar-refractivity contribution in [2.75, 3.05) is 27.2 Å². The Morgan fingerprint density at radius 3 is 2.43 bits per heavy atom. The van der Waals surface area contributed by atoms with Crippen LogP contribution >= 0.6 is 0 Å². The number of urea groups is 1. The monoisotopic (exact) mass is 300 g/mol. The first-order valence-corrected chi connectivity index (χ1v) is 7.04. The van der Waals surface area contributed by atoms with E-state index in [-0.39, 0.29) is 18.9 Å². The first kappa shape index (κ1) is 17.2. The van der Waals surface area contributed by atoms with E-state index >= 15 is 0 Å². The van der Waals surface area contributed by atoms with Gasteiger partial charge in [-0.25, -0.2) is 9.59 Å². The summed E-state index contributed by atoms with van der Waals surface area (Å²) in [5.74, 6) is -1.75. The maximum Gasteiger partial charge on any atom is 0.326 e. The van der Waals surface area contributed by atoms with E-state index in [0.29, 0.717) is 0 Å². The quantitative estimate of drug-likeness (QED) is 0.608. The normalized spacial score (nSPS) is 18.0. The van der Waals surface area contributed by atoms with E-state index in [4.69, 9.17) is 10.8 Å². The number of hydrogen-bond acceptors (Lipinski definition) is 4. The molecule has 1 unspecified atom stereocenters. The van der Waals surface area contributed by atoms with Crippen molar-refractivity contribution >= 4 is 17.9 Å². The number of carboxylic acids is 1. The number of rotatable bonds is 6. The Morgan fingerprint density at radius 2 is 1.95 bits per heavy atom. The van der Waals surface area contributed by atoms with Gasteiger partial charge in [0.25, 0.3) is 0 Å². The van der Waals surface area contributed by atoms with Crippen LogP contribution in [0, 0.1) is 0 Å². The highest BCUT2D eigenvalue weighted by molar-refractivity contribution is 5.83. The molecule has 1 saturated heterocycles. The standard InChI is InChI=1S/C13H24N4O4/c1-16-7-5-9(6-8-16)17(2)13(21)15-10(12(19)20)3-4-11(14)18/h9-10H,3-8H2,1-2H3,(H2,14,18)(H,15,21)(H,19,20). The Labute approximate surface area is 124 Å². The van der Waals surface area contributed by atoms with Crippen molar-refractivity contribution in [1.82, 2.24) is 15.1 Å². The number of carbonyl (C=O) groups is 3. The van der Waals surface area contributed by atoms with Crippen LogP contribution in [0.25, 0.3) is 0 Å². The predicted octanol–water partition coefficient (Wildman–Crippen LogP) is -0.559. The number of nitrogens with zero attached hydrogens (tertiary/aromatic N) is 2. The van der Waals surface area contributed by atoms with Crippen LogP contribution < -0.4 is 11.1 Å². The second-order valence-electron chi connectivity index (χ2n) is 5.49. The van der Waals surface area contributed by atoms with Crippen molar-refractivity contribution < 1.29 is 19.5 Å². The van der Waals surface area contributed by atoms with Crippen LogP contribution in [0.2, 0.25) is 0 Å². The van der Waals surface area contributed by atoms with Crippen molar-refractivity contribution in [2.45, 2.75) is 37.8 Å². The molecule has 1 aliphatic rings. The molecule has 3 amide bonds. The van der Waals surface area contributed by atoms with Crippen LogP contribution in [0.4, 0.5) is 4.79 Å². The first-order valence-electron chi connectivity index (χ1n) is 7.04. The Balaban J connectivity index is 2.51. The molecule has 0 bridgehead atoms. The number of hydrogen-bond donors (Lipinski definition) is 3. The number of carboxylic acid groups (broad SMARTS) is 1. The van der Waals surface area contributed by atoms with Crippen LogP contribution in [0.3, 0.4) is 0 Å². The second kappa shape index (κ2) is 7.82. The lowest BCUT2D eigenvalue weighted by Gasteiger charge is -2.35. The number of likely N-dealkylation sites (tertiary alicyclic amines) is 1. The van der Waals surface area contributed by atoms with Crippen LogP contribution in [0.1, 0.15) is 25.7 Å². The molecule has 0 radical (unpaired) electrons. The summed E-state index contributed by atoms with van der Waals surface area (Å²) < 4.78 is 0. The summed E-state index contributed by atoms with van der Waals surface area (Å²) in [5, 5.41) is 11.5. The molecule has 1 rings (SSSR count). The van der Waals surface area contributed by atoms with Crippen molar-refractivity contribution in [2.24, 2.45) is 5.73 Å². The molecule has 8 nitrogen and oxygen atoms in total. The minimum Gasteiger partial charge on any atom is -0.480 e. The highest BCUT2D eigenvalue weighted by atomic mass is 16.4. The summed E-state index contributed by atoms with van der Waals surface area (Å²) in [6.07, 6.45) is 1.64. The molecule has 0 saturated carbocycles. The molecule has 120 valence electrons. The largest absolute Gasteiger partial charge is 0.480 e. The van der Waals surface area contributed by atoms with Gasteiger partial charge < -0.3 is 26.0 Å². The number of amides is 3. The third kappa shape index (κ3) is 5.58. The number of piperidine rings is 1. The van der Waals surface area contributed by atoms with E-state index in [1.807, 2.05) is 7.05 Å². The van der Waals surface area contributed by atoms with Crippen LogP contribution in [0.15, 0.2) is 0 Å². The van der Waals surface area contributed by atoms with Crippen molar-refractivity contribution in [1.29, 1.82) is 0 Å². The number of primary amides is 1. The summed E-state index contributed by atoms with van der Waals surface area (Å²) in [5.41, 5.74) is 5.00. The Hall–Kier alpha value is -1.83. The summed E-state index contributed by atoms with van der Waals surface area (Å²) in [4.78, 5) is 37.7. The van der Waals surface area contributed by atoms with Gasteiger partial charge in [0.15, 0.2) is 0 Å². The van der Waals surface area contributed by atoms with Crippen molar-refractivity contribution in [3.05, 3.63) is 0 Å². The molecule has 0 aromatic heterocycles. The van der Waals surface area contributed by atoms with Gasteiger partial charge >= 0.3 is 12.0 Å². The van der Waals surface area contributed by atoms with Crippen molar-refractivity contribution in [3.63, 3.8) is 0 Å². The maximum absolute atomic E-state index is 12.1. The zero-order chi connectivity index (χ0) is 16.0. The molecular formula is C13H24N4O4. The van der Waals surface area contributed by atoms with E-state index in [1.54, 1.807) is 11.9 Å². The van der Waals surface area contributed by atoms with Crippen LogP contribution in [-0.2, 0) is 9.59 Å². The molecule has 1 aliphatic heterocycles. The fraction of sp³-hybridized carbons (Fsp3) is 0.769. The lowest BCUT2D eigenvalue weighted by Crippen LogP contribution is -2.52. The average molecular weight is 300 g/mol. The zero-order valence-electron chi connectivity index (χ0n) is 12.5. The highest BCUT2D eigenvalue weighted by Gasteiger charge is 2.27. The van der Waals surface area contributed by atoms with E-state index < -0.39 is 23.9 Å². The lowest BCUT2D eigenvalue weighted by atomic mass is 10.0. The Bertz CT molecular complexity index is 394. The molecule has 1 atom stereocenters. The van der Waals surface area contributed by atoms with E-state index in [1.165, 1.54) is 0 Å². The van der Waals surface area contributed by atoms with E-state index in [9.17, 15) is 14.4 Å². The average Bonchev–Trinajstić information content (AvgIpc) is 2.42. The number of nitrogens with one attached hydrogen (secondary N) is 1. The fourth-order valence-corrected chi connectivity index (χ4v) is 2.34. The summed E-state index contributed by atoms with van der Waals surface area (Å²) in [6.45, 7) is 1.82. The van der Waals surface area contributed by atoms with E-state index in [2.05, 4.69) is 10.2 Å². The van der Waals surface area contributed by atoms with Gasteiger partial charge in [0.05, 0.1) is 0 Å². The highest BCUT2D eigenvalue weighted by Crippen LogP contribution is 2.14. The van der Waals surface area contributed by atoms with Gasteiger partial charge in [0, 0.05) is 19.5 Å². The number of aliphatic carboxylic acids is 1. The second-order valence-corrected chi connectivity index (χ2v) is 5.49. The summed E-state index contributed by atoms with van der Waals surface area (Å²) in [6, 6.07) is -1.42. The molecule has 0 aliphatic carbocycles. The van der Waals surface area contributed by atoms with Gasteiger partial charge in [-0.2, -0.15) is 0 Å². The molecule has 0 aromatic carbocycles. The SMILES string of the molecule is CN1CCC(N(C)C(=O)NC(CCC(N)=O)C(=O)O)CC1. The van der Waals surface area contributed by atoms with Gasteiger partial charge in [0.1, 0.15) is 6.04 Å². The minimum atomic E-state index is -1.17. The maximum atomic E-state index is 12.1. The minimum absolute atomic E-state index is 0.00233. The van der Waals surface area contributed by atoms with Gasteiger partial charge in [-0.1, -0.05) is 0 Å². The molecule has 1 heterocycles. The molecule has 1 fully saturated rings. The lowest BCUT2D eigenvalue weighted by molar-refractivity contribution is -0.139. The van der Waals surface area contributed by atoms with Gasteiger partial charge in [-0.05, 0) is 39.4 Å². The molecule has 0 spiro atoms. The van der Waals surface area contributed by atoms with Gasteiger partial charge in [0.2, 0.25) is 5.91 Å². The molecule has 21 heavy (non-hydrogen) atoms. The molecular weight excluding hydrogens is 276 g/mol. The third-order valence-electron chi connectivity index (χ3n) is 3.83. The third-order valence-corrected chi connectivity index (χ3v) is 3.83. The van der Waals surface area contributed by atoms with Crippen molar-refractivity contribution in [3.8, 4) is 0 Å². The molecule has 0 aromatic rings. The van der Waals surface area contributed by atoms with Crippen LogP contribution in [0.5, 0.6) is 0 Å². The Kier molecular flexibility index (Phi) is 6.41. The van der Waals surface area contributed by atoms with Crippen LogP contribution in [-0.4, -0.2) is 72.1 Å². The summed E-state index contributed by atoms with van der Waals surface area (Å²) in [7, 11) is 3.69. The zero-order valence-corrected chi connectivity index (χ0v) is 12.5. The number of carbonyl (C=O) groups excluding carboxylic acids is 2. The van der Waals surface area contributed by atoms with Gasteiger partial charge in [-0.3, -0.25) is 4.79 Å².